The molecule has 0 bridgehead atoms. The highest BCUT2D eigenvalue weighted by molar-refractivity contribution is 6.21. The van der Waals surface area contributed by atoms with Crippen LogP contribution >= 0.6 is 11.6 Å². The van der Waals surface area contributed by atoms with E-state index in [9.17, 15) is 9.59 Å². The highest BCUT2D eigenvalue weighted by atomic mass is 35.5. The van der Waals surface area contributed by atoms with Crippen LogP contribution in [0, 0.1) is 0 Å². The van der Waals surface area contributed by atoms with Crippen molar-refractivity contribution in [1.82, 2.24) is 19.4 Å². The first-order valence-corrected chi connectivity index (χ1v) is 11.7. The van der Waals surface area contributed by atoms with E-state index in [1.165, 1.54) is 0 Å². The number of fused-ring (bicyclic) bond motifs is 1. The highest BCUT2D eigenvalue weighted by Gasteiger charge is 2.32. The van der Waals surface area contributed by atoms with Gasteiger partial charge >= 0.3 is 0 Å². The number of rotatable bonds is 8. The van der Waals surface area contributed by atoms with E-state index >= 15 is 0 Å². The van der Waals surface area contributed by atoms with Crippen molar-refractivity contribution < 1.29 is 4.79 Å². The molecule has 7 nitrogen and oxygen atoms in total. The van der Waals surface area contributed by atoms with Crippen LogP contribution in [-0.2, 0) is 19.4 Å². The Morgan fingerprint density at radius 3 is 2.61 bits per heavy atom. The normalized spacial score (nSPS) is 15.8. The molecule has 2 N–H and O–H groups in total. The Morgan fingerprint density at radius 1 is 1.21 bits per heavy atom. The maximum Gasteiger partial charge on any atom is 0.257 e. The van der Waals surface area contributed by atoms with Crippen LogP contribution in [0.3, 0.4) is 0 Å². The average molecular weight is 466 g/mol. The zero-order valence-corrected chi connectivity index (χ0v) is 19.4. The van der Waals surface area contributed by atoms with E-state index in [2.05, 4.69) is 4.98 Å². The lowest BCUT2D eigenvalue weighted by molar-refractivity contribution is 0.0663. The molecule has 1 aromatic carbocycles. The second-order valence-corrected chi connectivity index (χ2v) is 8.84. The smallest absolute Gasteiger partial charge is 0.257 e. The van der Waals surface area contributed by atoms with Gasteiger partial charge in [0.25, 0.3) is 11.5 Å². The number of alkyl halides is 1. The maximum absolute atomic E-state index is 13.6. The number of nitrogens with zero attached hydrogens (tertiary/aromatic N) is 4. The molecule has 2 unspecified atom stereocenters. The van der Waals surface area contributed by atoms with Gasteiger partial charge in [0.05, 0.1) is 18.3 Å². The van der Waals surface area contributed by atoms with Gasteiger partial charge in [0.15, 0.2) is 0 Å². The Bertz CT molecular complexity index is 1170. The lowest BCUT2D eigenvalue weighted by atomic mass is 10.1. The minimum absolute atomic E-state index is 0.0792. The van der Waals surface area contributed by atoms with Crippen LogP contribution in [-0.4, -0.2) is 43.8 Å². The van der Waals surface area contributed by atoms with E-state index in [1.807, 2.05) is 37.3 Å². The summed E-state index contributed by atoms with van der Waals surface area (Å²) in [6, 6.07) is 12.8. The van der Waals surface area contributed by atoms with Gasteiger partial charge in [-0.2, -0.15) is 0 Å². The van der Waals surface area contributed by atoms with Crippen LogP contribution in [0.25, 0.3) is 0 Å². The summed E-state index contributed by atoms with van der Waals surface area (Å²) in [4.78, 5) is 37.7. The quantitative estimate of drug-likeness (QED) is 0.516. The molecule has 0 aliphatic heterocycles. The van der Waals surface area contributed by atoms with Gasteiger partial charge in [-0.05, 0) is 30.5 Å². The zero-order valence-electron chi connectivity index (χ0n) is 18.7. The molecule has 8 heteroatoms. The molecule has 4 rings (SSSR count). The van der Waals surface area contributed by atoms with Crippen molar-refractivity contribution in [1.29, 1.82) is 0 Å². The molecule has 0 spiro atoms. The molecular weight excluding hydrogens is 438 g/mol. The summed E-state index contributed by atoms with van der Waals surface area (Å²) in [6.07, 6.45) is 4.83. The van der Waals surface area contributed by atoms with Gasteiger partial charge in [-0.1, -0.05) is 37.3 Å². The minimum atomic E-state index is -0.412. The van der Waals surface area contributed by atoms with E-state index in [4.69, 9.17) is 22.3 Å². The minimum Gasteiger partial charge on any atom is -0.329 e. The number of halogens is 1. The number of hydrogen-bond donors (Lipinski definition) is 1. The van der Waals surface area contributed by atoms with E-state index < -0.39 is 6.04 Å². The van der Waals surface area contributed by atoms with E-state index in [1.54, 1.807) is 34.0 Å². The van der Waals surface area contributed by atoms with Crippen LogP contribution in [0.2, 0.25) is 0 Å². The molecule has 33 heavy (non-hydrogen) atoms. The van der Waals surface area contributed by atoms with Gasteiger partial charge in [0, 0.05) is 48.4 Å². The standard InChI is InChI=1S/C25H28ClN5O2/c1-2-22(30(13-10-27)24(32)18-8-11-28-12-9-18)23-29-21-15-19(26)14-20(21)25(33)31(23)16-17-6-4-3-5-7-17/h3-9,11-12,19,22H,2,10,13-16,27H2,1H3. The highest BCUT2D eigenvalue weighted by Crippen LogP contribution is 2.28. The van der Waals surface area contributed by atoms with Crippen LogP contribution in [0.5, 0.6) is 0 Å². The summed E-state index contributed by atoms with van der Waals surface area (Å²) in [7, 11) is 0. The Kier molecular flexibility index (Phi) is 7.20. The summed E-state index contributed by atoms with van der Waals surface area (Å²) in [5.74, 6) is 0.414. The predicted molar refractivity (Wildman–Crippen MR) is 128 cm³/mol. The molecule has 172 valence electrons. The van der Waals surface area contributed by atoms with Crippen molar-refractivity contribution in [3.63, 3.8) is 0 Å². The summed E-state index contributed by atoms with van der Waals surface area (Å²) in [5, 5.41) is -0.140. The third-order valence-corrected chi connectivity index (χ3v) is 6.33. The number of pyridine rings is 1. The lowest BCUT2D eigenvalue weighted by Gasteiger charge is -2.32. The fourth-order valence-electron chi connectivity index (χ4n) is 4.45. The monoisotopic (exact) mass is 465 g/mol. The number of amides is 1. The van der Waals surface area contributed by atoms with E-state index in [-0.39, 0.29) is 16.8 Å². The molecule has 0 saturated heterocycles. The molecule has 2 heterocycles. The molecule has 2 atom stereocenters. The first-order valence-electron chi connectivity index (χ1n) is 11.2. The van der Waals surface area contributed by atoms with Gasteiger partial charge in [0.2, 0.25) is 0 Å². The molecule has 1 aliphatic rings. The van der Waals surface area contributed by atoms with Gasteiger partial charge in [-0.15, -0.1) is 11.6 Å². The topological polar surface area (TPSA) is 94.1 Å². The molecule has 0 fully saturated rings. The third-order valence-electron chi connectivity index (χ3n) is 6.02. The molecular formula is C25H28ClN5O2. The third kappa shape index (κ3) is 4.84. The van der Waals surface area contributed by atoms with Crippen LogP contribution < -0.4 is 11.3 Å². The fraction of sp³-hybridized carbons (Fsp3) is 0.360. The van der Waals surface area contributed by atoms with Gasteiger partial charge in [-0.3, -0.25) is 19.1 Å². The Labute approximate surface area is 198 Å². The fourth-order valence-corrected chi connectivity index (χ4v) is 4.75. The molecule has 1 amide bonds. The molecule has 3 aromatic rings. The van der Waals surface area contributed by atoms with Gasteiger partial charge in [0.1, 0.15) is 5.82 Å². The Hall–Kier alpha value is -3.03. The second-order valence-electron chi connectivity index (χ2n) is 8.22. The lowest BCUT2D eigenvalue weighted by Crippen LogP contribution is -2.42. The zero-order chi connectivity index (χ0) is 23.4. The summed E-state index contributed by atoms with van der Waals surface area (Å²) < 4.78 is 1.71. The van der Waals surface area contributed by atoms with Crippen molar-refractivity contribution >= 4 is 17.5 Å². The molecule has 1 aliphatic carbocycles. The Morgan fingerprint density at radius 2 is 1.94 bits per heavy atom. The van der Waals surface area contributed by atoms with Crippen molar-refractivity contribution in [3.8, 4) is 0 Å². The SMILES string of the molecule is CCC(c1nc2c(c(=O)n1Cc1ccccc1)CC(Cl)C2)N(CCN)C(=O)c1ccncc1. The number of nitrogens with two attached hydrogens (primary N) is 1. The van der Waals surface area contributed by atoms with Crippen molar-refractivity contribution in [3.05, 3.63) is 93.4 Å². The van der Waals surface area contributed by atoms with Crippen LogP contribution in [0.1, 0.15) is 52.4 Å². The number of benzene rings is 1. The van der Waals surface area contributed by atoms with Gasteiger partial charge < -0.3 is 10.6 Å². The molecule has 0 radical (unpaired) electrons. The maximum atomic E-state index is 13.6. The predicted octanol–water partition coefficient (Wildman–Crippen LogP) is 2.94. The average Bonchev–Trinajstić information content (AvgIpc) is 3.22. The second kappa shape index (κ2) is 10.3. The number of aromatic nitrogens is 3. The van der Waals surface area contributed by atoms with Crippen molar-refractivity contribution in [2.75, 3.05) is 13.1 Å². The van der Waals surface area contributed by atoms with Crippen LogP contribution in [0.4, 0.5) is 0 Å². The number of hydrogen-bond acceptors (Lipinski definition) is 5. The summed E-state index contributed by atoms with van der Waals surface area (Å²) >= 11 is 6.40. The largest absolute Gasteiger partial charge is 0.329 e. The van der Waals surface area contributed by atoms with Gasteiger partial charge in [-0.25, -0.2) is 4.98 Å². The molecule has 2 aromatic heterocycles. The Balaban J connectivity index is 1.83. The van der Waals surface area contributed by atoms with Crippen molar-refractivity contribution in [2.45, 2.75) is 44.1 Å². The first kappa shape index (κ1) is 23.1. The summed E-state index contributed by atoms with van der Waals surface area (Å²) in [6.45, 7) is 3.00. The number of carbonyl (C=O) groups is 1. The van der Waals surface area contributed by atoms with Crippen molar-refractivity contribution in [2.24, 2.45) is 5.73 Å². The molecule has 0 saturated carbocycles. The first-order chi connectivity index (χ1) is 16.0. The van der Waals surface area contributed by atoms with Crippen LogP contribution in [0.15, 0.2) is 59.7 Å². The number of carbonyl (C=O) groups excluding carboxylic acids is 1. The van der Waals surface area contributed by atoms with E-state index in [0.717, 1.165) is 11.3 Å². The summed E-state index contributed by atoms with van der Waals surface area (Å²) in [5.41, 5.74) is 8.75. The van der Waals surface area contributed by atoms with E-state index in [0.29, 0.717) is 55.8 Å².